The summed E-state index contributed by atoms with van der Waals surface area (Å²) in [6.07, 6.45) is 0. The Labute approximate surface area is 78.9 Å². The Morgan fingerprint density at radius 1 is 0.833 bits per heavy atom. The fourth-order valence-electron chi connectivity index (χ4n) is 0.545. The number of rotatable bonds is 4. The molecule has 0 heterocycles. The Morgan fingerprint density at radius 3 is 1.25 bits per heavy atom. The third-order valence-corrected chi connectivity index (χ3v) is 7.08. The van der Waals surface area contributed by atoms with Gasteiger partial charge in [0.15, 0.2) is 16.6 Å². The summed E-state index contributed by atoms with van der Waals surface area (Å²) in [4.78, 5) is 9.45. The molecular weight excluding hydrogens is 204 g/mol. The van der Waals surface area contributed by atoms with E-state index in [0.717, 1.165) is 0 Å². The van der Waals surface area contributed by atoms with E-state index >= 15 is 0 Å². The Kier molecular flexibility index (Phi) is 4.34. The van der Waals surface area contributed by atoms with Crippen molar-refractivity contribution < 1.29 is 13.0 Å². The van der Waals surface area contributed by atoms with Crippen molar-refractivity contribution in [2.24, 2.45) is 0 Å². The minimum absolute atomic E-state index is 1.63. The Balaban J connectivity index is 3.83. The van der Waals surface area contributed by atoms with Crippen LogP contribution in [0.2, 0.25) is 39.3 Å². The SMILES string of the molecule is C[Si](C)(C)O[Si](O)O[Si](C)(C)C. The lowest BCUT2D eigenvalue weighted by molar-refractivity contribution is 0.293. The molecule has 0 amide bonds. The summed E-state index contributed by atoms with van der Waals surface area (Å²) in [6, 6.07) is 0. The van der Waals surface area contributed by atoms with Crippen molar-refractivity contribution in [1.29, 1.82) is 0 Å². The van der Waals surface area contributed by atoms with Crippen LogP contribution in [0.4, 0.5) is 0 Å². The van der Waals surface area contributed by atoms with Crippen molar-refractivity contribution in [3.05, 3.63) is 0 Å². The predicted molar refractivity (Wildman–Crippen MR) is 56.8 cm³/mol. The van der Waals surface area contributed by atoms with Gasteiger partial charge >= 0.3 is 9.53 Å². The van der Waals surface area contributed by atoms with Gasteiger partial charge in [0.25, 0.3) is 0 Å². The van der Waals surface area contributed by atoms with Gasteiger partial charge in [-0.25, -0.2) is 0 Å². The first kappa shape index (κ1) is 12.5. The molecule has 0 unspecified atom stereocenters. The highest BCUT2D eigenvalue weighted by molar-refractivity contribution is 6.79. The molecule has 1 N–H and O–H groups in total. The van der Waals surface area contributed by atoms with Gasteiger partial charge in [0, 0.05) is 0 Å². The van der Waals surface area contributed by atoms with Crippen molar-refractivity contribution in [2.45, 2.75) is 39.3 Å². The van der Waals surface area contributed by atoms with Gasteiger partial charge in [-0.15, -0.1) is 0 Å². The van der Waals surface area contributed by atoms with Gasteiger partial charge < -0.3 is 13.0 Å². The van der Waals surface area contributed by atoms with E-state index in [4.69, 9.17) is 8.23 Å². The summed E-state index contributed by atoms with van der Waals surface area (Å²) in [7, 11) is -5.24. The Bertz CT molecular complexity index is 122. The minimum atomic E-state index is -1.98. The molecule has 0 fully saturated rings. The number of hydrogen-bond acceptors (Lipinski definition) is 3. The fourth-order valence-corrected chi connectivity index (χ4v) is 5.28. The van der Waals surface area contributed by atoms with Crippen LogP contribution in [0.5, 0.6) is 0 Å². The van der Waals surface area contributed by atoms with E-state index in [1.54, 1.807) is 0 Å². The minimum Gasteiger partial charge on any atom is -0.414 e. The van der Waals surface area contributed by atoms with Crippen LogP contribution in [0.15, 0.2) is 0 Å². The smallest absolute Gasteiger partial charge is 0.414 e. The van der Waals surface area contributed by atoms with Crippen molar-refractivity contribution in [3.63, 3.8) is 0 Å². The molecule has 6 heteroatoms. The van der Waals surface area contributed by atoms with Crippen LogP contribution < -0.4 is 0 Å². The van der Waals surface area contributed by atoms with Crippen LogP contribution in [-0.2, 0) is 8.23 Å². The Morgan fingerprint density at radius 2 is 1.08 bits per heavy atom. The van der Waals surface area contributed by atoms with Gasteiger partial charge in [-0.2, -0.15) is 0 Å². The van der Waals surface area contributed by atoms with Crippen molar-refractivity contribution in [1.82, 2.24) is 0 Å². The summed E-state index contributed by atoms with van der Waals surface area (Å²) < 4.78 is 10.8. The van der Waals surface area contributed by atoms with E-state index in [2.05, 4.69) is 0 Å². The van der Waals surface area contributed by atoms with E-state index in [1.807, 2.05) is 39.3 Å². The Hall–Kier alpha value is 0.531. The molecule has 0 atom stereocenters. The largest absolute Gasteiger partial charge is 0.552 e. The lowest BCUT2D eigenvalue weighted by Crippen LogP contribution is -2.43. The normalized spacial score (nSPS) is 14.0. The van der Waals surface area contributed by atoms with E-state index in [0.29, 0.717) is 0 Å². The highest BCUT2D eigenvalue weighted by Gasteiger charge is 2.29. The summed E-state index contributed by atoms with van der Waals surface area (Å²) in [5.41, 5.74) is 0. The van der Waals surface area contributed by atoms with Gasteiger partial charge in [-0.05, 0) is 39.3 Å². The van der Waals surface area contributed by atoms with E-state index in [9.17, 15) is 4.80 Å². The maximum atomic E-state index is 9.45. The highest BCUT2D eigenvalue weighted by Crippen LogP contribution is 2.09. The molecule has 0 aliphatic rings. The van der Waals surface area contributed by atoms with E-state index in [-0.39, 0.29) is 0 Å². The maximum absolute atomic E-state index is 9.45. The number of hydrogen-bond donors (Lipinski definition) is 1. The first-order valence-electron chi connectivity index (χ1n) is 4.04. The molecule has 73 valence electrons. The lowest BCUT2D eigenvalue weighted by Gasteiger charge is -2.24. The fraction of sp³-hybridized carbons (Fsp3) is 1.00. The van der Waals surface area contributed by atoms with Crippen LogP contribution in [0, 0.1) is 0 Å². The van der Waals surface area contributed by atoms with Gasteiger partial charge in [-0.1, -0.05) is 0 Å². The lowest BCUT2D eigenvalue weighted by atomic mass is 11.8. The molecule has 0 aliphatic carbocycles. The van der Waals surface area contributed by atoms with Crippen molar-refractivity contribution in [3.8, 4) is 0 Å². The molecule has 0 aromatic carbocycles. The molecule has 1 radical (unpaired) electrons. The second-order valence-corrected chi connectivity index (χ2v) is 15.3. The molecule has 0 saturated heterocycles. The molecule has 0 aromatic heterocycles. The molecule has 0 aliphatic heterocycles. The van der Waals surface area contributed by atoms with Crippen molar-refractivity contribution >= 4 is 26.2 Å². The second kappa shape index (κ2) is 4.16. The van der Waals surface area contributed by atoms with Crippen LogP contribution in [0.3, 0.4) is 0 Å². The topological polar surface area (TPSA) is 38.7 Å². The monoisotopic (exact) mass is 223 g/mol. The average Bonchev–Trinajstić information content (AvgIpc) is 1.49. The summed E-state index contributed by atoms with van der Waals surface area (Å²) in [6.45, 7) is 12.3. The van der Waals surface area contributed by atoms with Crippen LogP contribution in [0.1, 0.15) is 0 Å². The van der Waals surface area contributed by atoms with Gasteiger partial charge in [0.2, 0.25) is 0 Å². The predicted octanol–water partition coefficient (Wildman–Crippen LogP) is 1.67. The van der Waals surface area contributed by atoms with Gasteiger partial charge in [0.05, 0.1) is 0 Å². The van der Waals surface area contributed by atoms with Gasteiger partial charge in [0.1, 0.15) is 0 Å². The molecule has 0 rings (SSSR count). The first-order chi connectivity index (χ1) is 5.10. The average molecular weight is 223 g/mol. The molecule has 0 spiro atoms. The molecule has 0 aromatic rings. The molecule has 3 nitrogen and oxygen atoms in total. The van der Waals surface area contributed by atoms with Crippen LogP contribution in [0.25, 0.3) is 0 Å². The molecular formula is C6H19O3Si3. The third kappa shape index (κ3) is 8.63. The molecule has 0 saturated carbocycles. The highest BCUT2D eigenvalue weighted by atomic mass is 28.5. The van der Waals surface area contributed by atoms with E-state index < -0.39 is 26.2 Å². The second-order valence-electron chi connectivity index (χ2n) is 4.69. The zero-order chi connectivity index (χ0) is 9.99. The standard InChI is InChI=1S/C6H19O3Si3/c1-11(2,3)8-10(7)9-12(4,5)6/h7H,1-6H3. The summed E-state index contributed by atoms with van der Waals surface area (Å²) in [5, 5.41) is 0. The molecule has 0 bridgehead atoms. The zero-order valence-electron chi connectivity index (χ0n) is 8.76. The zero-order valence-corrected chi connectivity index (χ0v) is 11.8. The van der Waals surface area contributed by atoms with Crippen LogP contribution in [-0.4, -0.2) is 31.0 Å². The van der Waals surface area contributed by atoms with Gasteiger partial charge in [-0.3, -0.25) is 0 Å². The quantitative estimate of drug-likeness (QED) is 0.737. The van der Waals surface area contributed by atoms with Crippen molar-refractivity contribution in [2.75, 3.05) is 0 Å². The van der Waals surface area contributed by atoms with Crippen LogP contribution >= 0.6 is 0 Å². The summed E-state index contributed by atoms with van der Waals surface area (Å²) in [5.74, 6) is 0. The molecule has 12 heavy (non-hydrogen) atoms. The first-order valence-corrected chi connectivity index (χ1v) is 12.1. The third-order valence-electron chi connectivity index (χ3n) is 0.787. The summed E-state index contributed by atoms with van der Waals surface area (Å²) >= 11 is 0. The maximum Gasteiger partial charge on any atom is 0.552 e. The van der Waals surface area contributed by atoms with E-state index in [1.165, 1.54) is 0 Å².